The Morgan fingerprint density at radius 2 is 1.85 bits per heavy atom. The Bertz CT molecular complexity index is 893. The van der Waals surface area contributed by atoms with E-state index < -0.39 is 11.9 Å². The van der Waals surface area contributed by atoms with Crippen LogP contribution in [0, 0.1) is 5.92 Å². The molecule has 1 aliphatic carbocycles. The minimum absolute atomic E-state index is 0.175. The molecule has 3 amide bonds. The molecule has 0 bridgehead atoms. The number of carbonyl (C=O) groups excluding carboxylic acids is 3. The minimum atomic E-state index is -0.616. The van der Waals surface area contributed by atoms with Crippen molar-refractivity contribution in [1.82, 2.24) is 20.9 Å². The number of phenolic OH excluding ortho intramolecular Hbond substituents is 1. The van der Waals surface area contributed by atoms with Crippen molar-refractivity contribution in [2.24, 2.45) is 5.92 Å². The standard InChI is InChI=1S/C15H16N2O4.C10H20N2/c1-2-8-10-7-17(11-4-6-13(19)16-14(11)20)15(21)9(10)3-5-12(8)18;1-2-10(3-1)12-8-9-4-6-11-7-5-9/h3,5,11,18H,2,4,6-7H2,1H3,(H,16,19,20);9-12H,1-8H2. The molecular formula is C25H36N4O4. The molecule has 1 aromatic rings. The number of aromatic hydroxyl groups is 1. The van der Waals surface area contributed by atoms with E-state index in [1.165, 1.54) is 62.7 Å². The van der Waals surface area contributed by atoms with Crippen LogP contribution in [-0.2, 0) is 22.6 Å². The maximum Gasteiger partial charge on any atom is 0.255 e. The fourth-order valence-electron chi connectivity index (χ4n) is 5.12. The average Bonchev–Trinajstić information content (AvgIpc) is 3.10. The Balaban J connectivity index is 0.000000183. The molecule has 8 nitrogen and oxygen atoms in total. The topological polar surface area (TPSA) is 111 Å². The number of hydrogen-bond acceptors (Lipinski definition) is 6. The molecule has 8 heteroatoms. The van der Waals surface area contributed by atoms with Crippen LogP contribution in [0.25, 0.3) is 0 Å². The monoisotopic (exact) mass is 456 g/mol. The zero-order valence-electron chi connectivity index (χ0n) is 19.5. The van der Waals surface area contributed by atoms with Gasteiger partial charge in [-0.3, -0.25) is 19.7 Å². The van der Waals surface area contributed by atoms with Crippen molar-refractivity contribution in [2.75, 3.05) is 19.6 Å². The Morgan fingerprint density at radius 1 is 1.09 bits per heavy atom. The summed E-state index contributed by atoms with van der Waals surface area (Å²) in [6.45, 7) is 5.95. The van der Waals surface area contributed by atoms with Crippen LogP contribution in [-0.4, -0.2) is 59.4 Å². The summed E-state index contributed by atoms with van der Waals surface area (Å²) in [5, 5.41) is 19.2. The van der Waals surface area contributed by atoms with Crippen LogP contribution in [0.3, 0.4) is 0 Å². The van der Waals surface area contributed by atoms with E-state index in [4.69, 9.17) is 0 Å². The second-order valence-electron chi connectivity index (χ2n) is 9.57. The highest BCUT2D eigenvalue weighted by molar-refractivity contribution is 6.05. The van der Waals surface area contributed by atoms with Gasteiger partial charge >= 0.3 is 0 Å². The molecular weight excluding hydrogens is 420 g/mol. The maximum absolute atomic E-state index is 12.5. The number of hydrogen-bond donors (Lipinski definition) is 4. The van der Waals surface area contributed by atoms with E-state index in [9.17, 15) is 19.5 Å². The normalized spacial score (nSPS) is 23.5. The number of nitrogens with one attached hydrogen (secondary N) is 3. The number of amides is 3. The summed E-state index contributed by atoms with van der Waals surface area (Å²) >= 11 is 0. The highest BCUT2D eigenvalue weighted by Crippen LogP contribution is 2.34. The zero-order chi connectivity index (χ0) is 23.4. The van der Waals surface area contributed by atoms with Crippen LogP contribution in [0.4, 0.5) is 0 Å². The van der Waals surface area contributed by atoms with Gasteiger partial charge in [0.15, 0.2) is 0 Å². The van der Waals surface area contributed by atoms with Gasteiger partial charge in [0.05, 0.1) is 0 Å². The summed E-state index contributed by atoms with van der Waals surface area (Å²) in [6, 6.07) is 3.37. The fourth-order valence-corrected chi connectivity index (χ4v) is 5.12. The van der Waals surface area contributed by atoms with E-state index in [1.807, 2.05) is 6.92 Å². The number of imide groups is 1. The van der Waals surface area contributed by atoms with Gasteiger partial charge in [0.25, 0.3) is 5.91 Å². The van der Waals surface area contributed by atoms with Crippen LogP contribution in [0.5, 0.6) is 5.75 Å². The number of rotatable bonds is 5. The van der Waals surface area contributed by atoms with Crippen molar-refractivity contribution < 1.29 is 19.5 Å². The number of fused-ring (bicyclic) bond motifs is 1. The zero-order valence-corrected chi connectivity index (χ0v) is 19.5. The van der Waals surface area contributed by atoms with Gasteiger partial charge in [-0.05, 0) is 87.3 Å². The van der Waals surface area contributed by atoms with Gasteiger partial charge in [0.2, 0.25) is 11.8 Å². The van der Waals surface area contributed by atoms with Gasteiger partial charge in [-0.15, -0.1) is 0 Å². The lowest BCUT2D eigenvalue weighted by Crippen LogP contribution is -2.52. The van der Waals surface area contributed by atoms with Crippen LogP contribution < -0.4 is 16.0 Å². The second-order valence-corrected chi connectivity index (χ2v) is 9.57. The van der Waals surface area contributed by atoms with Crippen molar-refractivity contribution in [3.63, 3.8) is 0 Å². The lowest BCUT2D eigenvalue weighted by Gasteiger charge is -2.30. The van der Waals surface area contributed by atoms with Gasteiger partial charge in [-0.1, -0.05) is 13.3 Å². The predicted molar refractivity (Wildman–Crippen MR) is 125 cm³/mol. The number of carbonyl (C=O) groups is 3. The highest BCUT2D eigenvalue weighted by atomic mass is 16.3. The SMILES string of the molecule is C1CC(NCC2CCNCC2)C1.CCc1c(O)ccc2c1CN(C1CCC(=O)NC1=O)C2=O. The van der Waals surface area contributed by atoms with Crippen LogP contribution in [0.2, 0.25) is 0 Å². The summed E-state index contributed by atoms with van der Waals surface area (Å²) < 4.78 is 0. The first-order valence-electron chi connectivity index (χ1n) is 12.4. The van der Waals surface area contributed by atoms with E-state index in [-0.39, 0.29) is 24.0 Å². The molecule has 3 fully saturated rings. The first-order chi connectivity index (χ1) is 16.0. The van der Waals surface area contributed by atoms with Gasteiger partial charge in [0, 0.05) is 24.6 Å². The molecule has 33 heavy (non-hydrogen) atoms. The lowest BCUT2D eigenvalue weighted by atomic mass is 9.91. The third-order valence-corrected chi connectivity index (χ3v) is 7.43. The van der Waals surface area contributed by atoms with Crippen molar-refractivity contribution in [3.05, 3.63) is 28.8 Å². The fraction of sp³-hybridized carbons (Fsp3) is 0.640. The first-order valence-corrected chi connectivity index (χ1v) is 12.4. The van der Waals surface area contributed by atoms with E-state index >= 15 is 0 Å². The molecule has 5 rings (SSSR count). The Kier molecular flexibility index (Phi) is 7.65. The Morgan fingerprint density at radius 3 is 2.48 bits per heavy atom. The molecule has 3 heterocycles. The quantitative estimate of drug-likeness (QED) is 0.503. The third kappa shape index (κ3) is 5.38. The third-order valence-electron chi connectivity index (χ3n) is 7.43. The summed E-state index contributed by atoms with van der Waals surface area (Å²) in [5.41, 5.74) is 2.07. The summed E-state index contributed by atoms with van der Waals surface area (Å²) in [4.78, 5) is 37.1. The van der Waals surface area contributed by atoms with Crippen molar-refractivity contribution in [3.8, 4) is 5.75 Å². The molecule has 0 radical (unpaired) electrons. The molecule has 1 unspecified atom stereocenters. The van der Waals surface area contributed by atoms with Gasteiger partial charge < -0.3 is 20.6 Å². The van der Waals surface area contributed by atoms with E-state index in [2.05, 4.69) is 16.0 Å². The second kappa shape index (κ2) is 10.7. The molecule has 4 aliphatic rings. The number of benzene rings is 1. The molecule has 1 atom stereocenters. The maximum atomic E-state index is 12.5. The molecule has 0 aromatic heterocycles. The lowest BCUT2D eigenvalue weighted by molar-refractivity contribution is -0.136. The van der Waals surface area contributed by atoms with E-state index in [0.29, 0.717) is 24.9 Å². The van der Waals surface area contributed by atoms with Crippen molar-refractivity contribution in [1.29, 1.82) is 0 Å². The van der Waals surface area contributed by atoms with Crippen molar-refractivity contribution >= 4 is 17.7 Å². The highest BCUT2D eigenvalue weighted by Gasteiger charge is 2.40. The first kappa shape index (κ1) is 23.7. The van der Waals surface area contributed by atoms with Crippen LogP contribution >= 0.6 is 0 Å². The number of piperidine rings is 2. The minimum Gasteiger partial charge on any atom is -0.508 e. The predicted octanol–water partition coefficient (Wildman–Crippen LogP) is 1.84. The molecule has 1 saturated carbocycles. The molecule has 1 aromatic carbocycles. The smallest absolute Gasteiger partial charge is 0.255 e. The molecule has 0 spiro atoms. The molecule has 3 aliphatic heterocycles. The summed E-state index contributed by atoms with van der Waals surface area (Å²) in [6.07, 6.45) is 8.24. The van der Waals surface area contributed by atoms with Crippen molar-refractivity contribution in [2.45, 2.75) is 76.9 Å². The van der Waals surface area contributed by atoms with Gasteiger partial charge in [-0.25, -0.2) is 0 Å². The summed E-state index contributed by atoms with van der Waals surface area (Å²) in [7, 11) is 0. The largest absolute Gasteiger partial charge is 0.508 e. The Hall–Kier alpha value is -2.45. The van der Waals surface area contributed by atoms with Gasteiger partial charge in [-0.2, -0.15) is 0 Å². The average molecular weight is 457 g/mol. The van der Waals surface area contributed by atoms with Crippen LogP contribution in [0.1, 0.15) is 73.4 Å². The number of nitrogens with zero attached hydrogens (tertiary/aromatic N) is 1. The summed E-state index contributed by atoms with van der Waals surface area (Å²) in [5.74, 6) is 0.192. The molecule has 2 saturated heterocycles. The van der Waals surface area contributed by atoms with Crippen LogP contribution in [0.15, 0.2) is 12.1 Å². The molecule has 4 N–H and O–H groups in total. The van der Waals surface area contributed by atoms with E-state index in [0.717, 1.165) is 23.1 Å². The Labute approximate surface area is 195 Å². The van der Waals surface area contributed by atoms with Gasteiger partial charge in [0.1, 0.15) is 11.8 Å². The van der Waals surface area contributed by atoms with E-state index in [1.54, 1.807) is 6.07 Å². The molecule has 180 valence electrons. The number of phenols is 1.